The second kappa shape index (κ2) is 20.6. The molecule has 0 aliphatic heterocycles. The summed E-state index contributed by atoms with van der Waals surface area (Å²) < 4.78 is 32.7. The van der Waals surface area contributed by atoms with Gasteiger partial charge in [0.15, 0.2) is 11.6 Å². The summed E-state index contributed by atoms with van der Waals surface area (Å²) in [6.45, 7) is 3.37. The van der Waals surface area contributed by atoms with E-state index in [0.29, 0.717) is 44.5 Å². The number of rotatable bonds is 20. The Hall–Kier alpha value is -5.60. The Balaban J connectivity index is 1.82. The number of hydrogen-bond donors (Lipinski definition) is 4. The molecule has 12 nitrogen and oxygen atoms in total. The van der Waals surface area contributed by atoms with E-state index in [-0.39, 0.29) is 85.3 Å². The fourth-order valence-electron chi connectivity index (χ4n) is 7.84. The minimum Gasteiger partial charge on any atom is -0.507 e. The lowest BCUT2D eigenvalue weighted by Crippen LogP contribution is -2.11. The number of phenolic OH excluding ortho intramolecular Hbond substituents is 4. The molecule has 0 saturated heterocycles. The normalized spacial score (nSPS) is 12.4. The largest absolute Gasteiger partial charge is 0.507 e. The van der Waals surface area contributed by atoms with Gasteiger partial charge in [-0.05, 0) is 95.8 Å². The van der Waals surface area contributed by atoms with Crippen LogP contribution in [0.2, 0.25) is 0 Å². The van der Waals surface area contributed by atoms with Crippen LogP contribution in [0.15, 0.2) is 72.8 Å². The highest BCUT2D eigenvalue weighted by atomic mass is 16.5. The van der Waals surface area contributed by atoms with Gasteiger partial charge in [0.05, 0.1) is 50.8 Å². The highest BCUT2D eigenvalue weighted by molar-refractivity contribution is 5.98. The van der Waals surface area contributed by atoms with Crippen LogP contribution in [0.25, 0.3) is 0 Å². The number of aromatic hydroxyl groups is 4. The number of carbonyl (C=O) groups excluding carboxylic acids is 2. The lowest BCUT2D eigenvalue weighted by molar-refractivity contribution is 0.100. The van der Waals surface area contributed by atoms with Gasteiger partial charge in [0.2, 0.25) is 0 Å². The Morgan fingerprint density at radius 3 is 0.817 bits per heavy atom. The Morgan fingerprint density at radius 2 is 0.600 bits per heavy atom. The van der Waals surface area contributed by atoms with Crippen LogP contribution in [0.5, 0.6) is 23.0 Å². The fraction of sp³-hybridized carbons (Fsp3) is 0.333. The maximum atomic E-state index is 12.9. The average molecular weight is 823 g/mol. The predicted molar refractivity (Wildman–Crippen MR) is 225 cm³/mol. The summed E-state index contributed by atoms with van der Waals surface area (Å²) in [6.07, 6.45) is 0. The second-order valence-corrected chi connectivity index (χ2v) is 14.8. The van der Waals surface area contributed by atoms with Crippen molar-refractivity contribution in [1.29, 1.82) is 0 Å². The summed E-state index contributed by atoms with van der Waals surface area (Å²) in [5.41, 5.74) is 7.82. The Kier molecular flexibility index (Phi) is 15.6. The van der Waals surface area contributed by atoms with Crippen LogP contribution in [0.3, 0.4) is 0 Å². The van der Waals surface area contributed by atoms with Gasteiger partial charge in [0, 0.05) is 87.9 Å². The molecule has 0 amide bonds. The molecule has 0 radical (unpaired) electrons. The summed E-state index contributed by atoms with van der Waals surface area (Å²) in [5.74, 6) is -1.94. The van der Waals surface area contributed by atoms with Crippen LogP contribution in [-0.2, 0) is 68.1 Å². The molecule has 0 bridgehead atoms. The van der Waals surface area contributed by atoms with Gasteiger partial charge in [-0.2, -0.15) is 0 Å². The van der Waals surface area contributed by atoms with Gasteiger partial charge >= 0.3 is 0 Å². The van der Waals surface area contributed by atoms with Crippen molar-refractivity contribution < 1.29 is 58.4 Å². The molecule has 0 saturated carbocycles. The van der Waals surface area contributed by atoms with E-state index in [1.54, 1.807) is 40.6 Å². The van der Waals surface area contributed by atoms with Crippen LogP contribution in [0, 0.1) is 0 Å². The van der Waals surface area contributed by atoms with E-state index in [1.807, 2.05) is 60.7 Å². The van der Waals surface area contributed by atoms with Crippen LogP contribution in [0.1, 0.15) is 113 Å². The van der Waals surface area contributed by atoms with Crippen molar-refractivity contribution in [2.75, 3.05) is 42.7 Å². The van der Waals surface area contributed by atoms with Gasteiger partial charge in [-0.3, -0.25) is 9.59 Å². The fourth-order valence-corrected chi connectivity index (χ4v) is 7.84. The smallest absolute Gasteiger partial charge is 0.163 e. The zero-order valence-corrected chi connectivity index (χ0v) is 35.4. The molecule has 5 rings (SSSR count). The van der Waals surface area contributed by atoms with Gasteiger partial charge in [0.1, 0.15) is 23.0 Å². The molecule has 0 spiro atoms. The summed E-state index contributed by atoms with van der Waals surface area (Å²) in [4.78, 5) is 25.9. The number of carbonyl (C=O) groups is 2. The van der Waals surface area contributed by atoms with Gasteiger partial charge < -0.3 is 48.8 Å². The summed E-state index contributed by atoms with van der Waals surface area (Å²) in [5, 5.41) is 44.6. The van der Waals surface area contributed by atoms with Crippen molar-refractivity contribution in [2.45, 2.75) is 65.3 Å². The molecule has 2 unspecified atom stereocenters. The first-order valence-corrected chi connectivity index (χ1v) is 19.3. The maximum absolute atomic E-state index is 12.9. The molecule has 0 aliphatic rings. The third-order valence-corrected chi connectivity index (χ3v) is 10.5. The highest BCUT2D eigenvalue weighted by Gasteiger charge is 2.27. The molecular formula is C48H54O12. The quantitative estimate of drug-likeness (QED) is 0.0440. The topological polar surface area (TPSA) is 170 Å². The zero-order chi connectivity index (χ0) is 43.7. The first-order chi connectivity index (χ1) is 28.8. The zero-order valence-electron chi connectivity index (χ0n) is 35.4. The van der Waals surface area contributed by atoms with Gasteiger partial charge in [-0.1, -0.05) is 24.3 Å². The highest BCUT2D eigenvalue weighted by Crippen LogP contribution is 2.43. The number of methoxy groups -OCH3 is 6. The van der Waals surface area contributed by atoms with E-state index in [9.17, 15) is 30.0 Å². The first kappa shape index (κ1) is 45.5. The third-order valence-electron chi connectivity index (χ3n) is 10.5. The number of hydrogen-bond acceptors (Lipinski definition) is 12. The minimum atomic E-state index is -0.541. The van der Waals surface area contributed by atoms with E-state index in [1.165, 1.54) is 28.1 Å². The molecule has 2 atom stereocenters. The molecule has 0 aliphatic carbocycles. The Labute approximate surface area is 350 Å². The summed E-state index contributed by atoms with van der Waals surface area (Å²) >= 11 is 0. The van der Waals surface area contributed by atoms with Gasteiger partial charge in [0.25, 0.3) is 0 Å². The van der Waals surface area contributed by atoms with Crippen LogP contribution >= 0.6 is 0 Å². The molecule has 0 aromatic heterocycles. The molecule has 4 N–H and O–H groups in total. The molecule has 60 heavy (non-hydrogen) atoms. The van der Waals surface area contributed by atoms with E-state index in [4.69, 9.17) is 28.4 Å². The maximum Gasteiger partial charge on any atom is 0.163 e. The Morgan fingerprint density at radius 1 is 0.383 bits per heavy atom. The average Bonchev–Trinajstić information content (AvgIpc) is 3.21. The minimum absolute atomic E-state index is 0.0510. The van der Waals surface area contributed by atoms with Crippen LogP contribution in [0.4, 0.5) is 0 Å². The lowest BCUT2D eigenvalue weighted by atomic mass is 9.79. The van der Waals surface area contributed by atoms with E-state index < -0.39 is 11.8 Å². The van der Waals surface area contributed by atoms with Gasteiger partial charge in [-0.15, -0.1) is 0 Å². The standard InChI is InChI=1S/C48H54O12/c1-27(49)41-19-33(17-39(25-59-7)47(41)53)43(31-13-35(21-55-3)45(51)36(14-31)22-56-4)29-9-11-30(12-10-29)44(32-15-37(23-57-5)46(52)38(16-32)24-58-6)34-18-40(26-60-8)48(54)42(20-34)28(2)50/h9-20,43-44,51-54H,21-26H2,1-8H3. The molecule has 0 heterocycles. The molecular weight excluding hydrogens is 769 g/mol. The third kappa shape index (κ3) is 9.88. The van der Waals surface area contributed by atoms with Crippen molar-refractivity contribution in [1.82, 2.24) is 0 Å². The monoisotopic (exact) mass is 822 g/mol. The molecule has 5 aromatic rings. The Bertz CT molecular complexity index is 2100. The number of ketones is 2. The molecule has 0 fully saturated rings. The number of phenols is 4. The van der Waals surface area contributed by atoms with E-state index in [0.717, 1.165) is 22.3 Å². The van der Waals surface area contributed by atoms with Crippen LogP contribution in [-0.4, -0.2) is 74.7 Å². The molecule has 12 heteroatoms. The summed E-state index contributed by atoms with van der Waals surface area (Å²) in [7, 11) is 9.19. The predicted octanol–water partition coefficient (Wildman–Crippen LogP) is 8.15. The van der Waals surface area contributed by atoms with Gasteiger partial charge in [-0.25, -0.2) is 0 Å². The molecule has 5 aromatic carbocycles. The SMILES string of the molecule is COCc1cc(C(c2ccc(C(c3cc(COC)c(O)c(COC)c3)c3cc(COC)c(O)c(C(C)=O)c3)cc2)c2cc(COC)c(O)c(C(C)=O)c2)cc(COC)c1O. The second-order valence-electron chi connectivity index (χ2n) is 14.8. The number of Topliss-reactive ketones (excluding diaryl/α,β-unsaturated/α-hetero) is 2. The summed E-state index contributed by atoms with van der Waals surface area (Å²) in [6, 6.07) is 22.3. The van der Waals surface area contributed by atoms with Crippen molar-refractivity contribution in [2.24, 2.45) is 0 Å². The van der Waals surface area contributed by atoms with Crippen molar-refractivity contribution in [3.8, 4) is 23.0 Å². The van der Waals surface area contributed by atoms with Crippen molar-refractivity contribution in [3.05, 3.63) is 151 Å². The van der Waals surface area contributed by atoms with E-state index >= 15 is 0 Å². The molecule has 318 valence electrons. The van der Waals surface area contributed by atoms with E-state index in [2.05, 4.69) is 0 Å². The lowest BCUT2D eigenvalue weighted by Gasteiger charge is -2.26. The first-order valence-electron chi connectivity index (χ1n) is 19.3. The van der Waals surface area contributed by atoms with Crippen molar-refractivity contribution >= 4 is 11.6 Å². The number of ether oxygens (including phenoxy) is 6. The van der Waals surface area contributed by atoms with Crippen LogP contribution < -0.4 is 0 Å². The number of benzene rings is 5. The van der Waals surface area contributed by atoms with Crippen molar-refractivity contribution in [3.63, 3.8) is 0 Å².